The van der Waals surface area contributed by atoms with Crippen LogP contribution in [-0.2, 0) is 13.0 Å². The molecule has 112 valence electrons. The third-order valence-electron chi connectivity index (χ3n) is 3.44. The topological polar surface area (TPSA) is 43.4 Å². The van der Waals surface area contributed by atoms with Crippen molar-refractivity contribution in [3.8, 4) is 22.1 Å². The Bertz CT molecular complexity index is 639. The Hall–Kier alpha value is -1.59. The number of rotatable bonds is 5. The molecular formula is C16H20N2O2S. The molecule has 1 N–H and O–H groups in total. The summed E-state index contributed by atoms with van der Waals surface area (Å²) in [5.41, 5.74) is 3.30. The van der Waals surface area contributed by atoms with E-state index in [4.69, 9.17) is 9.47 Å². The normalized spacial score (nSPS) is 16.6. The fourth-order valence-electron chi connectivity index (χ4n) is 2.57. The highest BCUT2D eigenvalue weighted by molar-refractivity contribution is 7.13. The Balaban J connectivity index is 2.01. The van der Waals surface area contributed by atoms with Crippen LogP contribution < -0.4 is 14.8 Å². The predicted molar refractivity (Wildman–Crippen MR) is 85.3 cm³/mol. The first kappa shape index (κ1) is 14.4. The number of aromatic nitrogens is 1. The number of nitrogens with one attached hydrogen (secondary N) is 1. The van der Waals surface area contributed by atoms with E-state index in [0.29, 0.717) is 6.61 Å². The quantitative estimate of drug-likeness (QED) is 0.921. The van der Waals surface area contributed by atoms with E-state index in [9.17, 15) is 0 Å². The minimum atomic E-state index is 0.237. The first-order chi connectivity index (χ1) is 10.2. The molecule has 0 saturated carbocycles. The van der Waals surface area contributed by atoms with Gasteiger partial charge in [0.25, 0.3) is 0 Å². The van der Waals surface area contributed by atoms with E-state index in [2.05, 4.69) is 34.7 Å². The highest BCUT2D eigenvalue weighted by atomic mass is 32.1. The molecule has 1 unspecified atom stereocenters. The molecule has 0 amide bonds. The van der Waals surface area contributed by atoms with Crippen molar-refractivity contribution in [1.82, 2.24) is 10.3 Å². The molecule has 0 spiro atoms. The third kappa shape index (κ3) is 2.89. The molecule has 21 heavy (non-hydrogen) atoms. The average Bonchev–Trinajstić information content (AvgIpc) is 3.04. The molecule has 0 aliphatic carbocycles. The van der Waals surface area contributed by atoms with Gasteiger partial charge in [-0.05, 0) is 33.0 Å². The van der Waals surface area contributed by atoms with E-state index < -0.39 is 0 Å². The van der Waals surface area contributed by atoms with E-state index in [1.54, 1.807) is 11.3 Å². The summed E-state index contributed by atoms with van der Waals surface area (Å²) >= 11 is 1.64. The minimum Gasteiger partial charge on any atom is -0.493 e. The van der Waals surface area contributed by atoms with Gasteiger partial charge in [0, 0.05) is 23.9 Å². The van der Waals surface area contributed by atoms with Crippen molar-refractivity contribution >= 4 is 11.3 Å². The van der Waals surface area contributed by atoms with E-state index in [1.165, 1.54) is 5.56 Å². The largest absolute Gasteiger partial charge is 0.493 e. The molecule has 1 aliphatic rings. The van der Waals surface area contributed by atoms with Crippen LogP contribution in [0.3, 0.4) is 0 Å². The van der Waals surface area contributed by atoms with Gasteiger partial charge in [0.15, 0.2) is 0 Å². The minimum absolute atomic E-state index is 0.237. The maximum atomic E-state index is 5.87. The Labute approximate surface area is 129 Å². The van der Waals surface area contributed by atoms with E-state index in [1.807, 2.05) is 14.0 Å². The zero-order chi connectivity index (χ0) is 14.8. The van der Waals surface area contributed by atoms with Gasteiger partial charge in [-0.15, -0.1) is 11.3 Å². The van der Waals surface area contributed by atoms with Gasteiger partial charge in [-0.25, -0.2) is 4.98 Å². The maximum absolute atomic E-state index is 5.87. The second-order valence-electron chi connectivity index (χ2n) is 5.20. The second kappa shape index (κ2) is 6.03. The Kier molecular flexibility index (Phi) is 4.12. The number of hydrogen-bond donors (Lipinski definition) is 1. The standard InChI is InChI=1S/C16H20N2O2S/c1-4-19-15-6-11-5-10(2)20-14(11)7-13(15)16-18-12(8-17-3)9-21-16/h6-7,9-10,17H,4-5,8H2,1-3H3. The number of ether oxygens (including phenoxy) is 2. The molecule has 1 atom stereocenters. The van der Waals surface area contributed by atoms with Gasteiger partial charge in [0.05, 0.1) is 17.9 Å². The van der Waals surface area contributed by atoms with Gasteiger partial charge >= 0.3 is 0 Å². The maximum Gasteiger partial charge on any atom is 0.130 e. The SMILES string of the molecule is CCOc1cc2c(cc1-c1nc(CNC)cs1)OC(C)C2. The molecular weight excluding hydrogens is 284 g/mol. The molecule has 2 heterocycles. The first-order valence-corrected chi connectivity index (χ1v) is 8.15. The van der Waals surface area contributed by atoms with Gasteiger partial charge in [0.1, 0.15) is 22.6 Å². The van der Waals surface area contributed by atoms with Crippen molar-refractivity contribution in [2.24, 2.45) is 0 Å². The number of benzene rings is 1. The van der Waals surface area contributed by atoms with Gasteiger partial charge in [-0.2, -0.15) is 0 Å². The van der Waals surface area contributed by atoms with Gasteiger partial charge < -0.3 is 14.8 Å². The van der Waals surface area contributed by atoms with Crippen LogP contribution in [0.4, 0.5) is 0 Å². The van der Waals surface area contributed by atoms with Crippen LogP contribution in [0.2, 0.25) is 0 Å². The number of nitrogens with zero attached hydrogens (tertiary/aromatic N) is 1. The Morgan fingerprint density at radius 3 is 3.10 bits per heavy atom. The van der Waals surface area contributed by atoms with Crippen molar-refractivity contribution in [3.05, 3.63) is 28.8 Å². The van der Waals surface area contributed by atoms with Crippen molar-refractivity contribution < 1.29 is 9.47 Å². The van der Waals surface area contributed by atoms with Crippen LogP contribution in [-0.4, -0.2) is 24.7 Å². The lowest BCUT2D eigenvalue weighted by Crippen LogP contribution is -2.05. The van der Waals surface area contributed by atoms with Crippen LogP contribution >= 0.6 is 11.3 Å². The van der Waals surface area contributed by atoms with Gasteiger partial charge in [-0.3, -0.25) is 0 Å². The monoisotopic (exact) mass is 304 g/mol. The van der Waals surface area contributed by atoms with Gasteiger partial charge in [-0.1, -0.05) is 0 Å². The highest BCUT2D eigenvalue weighted by Gasteiger charge is 2.23. The third-order valence-corrected chi connectivity index (χ3v) is 4.36. The molecule has 0 radical (unpaired) electrons. The van der Waals surface area contributed by atoms with Crippen molar-refractivity contribution in [1.29, 1.82) is 0 Å². The smallest absolute Gasteiger partial charge is 0.130 e. The van der Waals surface area contributed by atoms with Crippen molar-refractivity contribution in [2.75, 3.05) is 13.7 Å². The summed E-state index contributed by atoms with van der Waals surface area (Å²) in [5.74, 6) is 1.87. The molecule has 0 fully saturated rings. The second-order valence-corrected chi connectivity index (χ2v) is 6.05. The molecule has 1 aromatic carbocycles. The Morgan fingerprint density at radius 2 is 2.33 bits per heavy atom. The fourth-order valence-corrected chi connectivity index (χ4v) is 3.41. The summed E-state index contributed by atoms with van der Waals surface area (Å²) in [6.45, 7) is 5.52. The molecule has 4 nitrogen and oxygen atoms in total. The lowest BCUT2D eigenvalue weighted by Gasteiger charge is -2.10. The van der Waals surface area contributed by atoms with Crippen molar-refractivity contribution in [3.63, 3.8) is 0 Å². The fraction of sp³-hybridized carbons (Fsp3) is 0.438. The molecule has 5 heteroatoms. The van der Waals surface area contributed by atoms with Crippen LogP contribution in [0.5, 0.6) is 11.5 Å². The summed E-state index contributed by atoms with van der Waals surface area (Å²) in [6, 6.07) is 4.18. The van der Waals surface area contributed by atoms with E-state index in [0.717, 1.165) is 40.7 Å². The van der Waals surface area contributed by atoms with Crippen LogP contribution in [0.15, 0.2) is 17.5 Å². The summed E-state index contributed by atoms with van der Waals surface area (Å²) < 4.78 is 11.7. The first-order valence-electron chi connectivity index (χ1n) is 7.27. The van der Waals surface area contributed by atoms with Crippen LogP contribution in [0.1, 0.15) is 25.1 Å². The highest BCUT2D eigenvalue weighted by Crippen LogP contribution is 2.41. The average molecular weight is 304 g/mol. The molecule has 2 aromatic rings. The lowest BCUT2D eigenvalue weighted by molar-refractivity contribution is 0.254. The molecule has 0 bridgehead atoms. The predicted octanol–water partition coefficient (Wildman–Crippen LogP) is 3.25. The Morgan fingerprint density at radius 1 is 1.48 bits per heavy atom. The van der Waals surface area contributed by atoms with Crippen LogP contribution in [0, 0.1) is 0 Å². The molecule has 1 aromatic heterocycles. The van der Waals surface area contributed by atoms with Crippen LogP contribution in [0.25, 0.3) is 10.6 Å². The molecule has 3 rings (SSSR count). The molecule has 0 saturated heterocycles. The summed E-state index contributed by atoms with van der Waals surface area (Å²) in [6.07, 6.45) is 1.18. The summed E-state index contributed by atoms with van der Waals surface area (Å²) in [7, 11) is 1.93. The molecule has 1 aliphatic heterocycles. The zero-order valence-corrected chi connectivity index (χ0v) is 13.4. The van der Waals surface area contributed by atoms with E-state index in [-0.39, 0.29) is 6.10 Å². The van der Waals surface area contributed by atoms with Gasteiger partial charge in [0.2, 0.25) is 0 Å². The number of hydrogen-bond acceptors (Lipinski definition) is 5. The number of fused-ring (bicyclic) bond motifs is 1. The summed E-state index contributed by atoms with van der Waals surface area (Å²) in [5, 5.41) is 6.19. The summed E-state index contributed by atoms with van der Waals surface area (Å²) in [4.78, 5) is 4.68. The zero-order valence-electron chi connectivity index (χ0n) is 12.6. The van der Waals surface area contributed by atoms with Crippen molar-refractivity contribution in [2.45, 2.75) is 32.9 Å². The number of thiazole rings is 1. The van der Waals surface area contributed by atoms with E-state index >= 15 is 0 Å². The lowest BCUT2D eigenvalue weighted by atomic mass is 10.1.